The first-order chi connectivity index (χ1) is 16.0. The van der Waals surface area contributed by atoms with E-state index in [1.54, 1.807) is 12.1 Å². The molecule has 0 saturated heterocycles. The van der Waals surface area contributed by atoms with Crippen LogP contribution in [0.15, 0.2) is 48.7 Å². The number of primary amides is 1. The van der Waals surface area contributed by atoms with Gasteiger partial charge in [-0.1, -0.05) is 24.6 Å². The standard InChI is InChI=1S/C26H29F2N3O2/c27-19-8-3-11-23-18(19)12-14-31(23)13-4-10-21(16-5-1-6-16)30-22-15-17-7-2-9-20(28)24(17)33-25(22)26(29)32/h2-3,7-9,11-12,14,16,21-22,25,30H,1,4-6,10,13,15H2,(H2,29,32). The fourth-order valence-corrected chi connectivity index (χ4v) is 5.24. The third-order valence-electron chi connectivity index (χ3n) is 7.20. The van der Waals surface area contributed by atoms with Gasteiger partial charge in [0.2, 0.25) is 0 Å². The maximum atomic E-state index is 14.2. The molecule has 1 fully saturated rings. The molecule has 2 aliphatic rings. The SMILES string of the molecule is NC(=O)C1Oc2c(F)cccc2CC1NC(CCCn1ccc2c(F)cccc21)C1CCC1. The number of ether oxygens (including phenoxy) is 1. The minimum absolute atomic E-state index is 0.131. The third kappa shape index (κ3) is 4.34. The van der Waals surface area contributed by atoms with Gasteiger partial charge in [0, 0.05) is 24.2 Å². The van der Waals surface area contributed by atoms with Crippen LogP contribution in [0.2, 0.25) is 0 Å². The summed E-state index contributed by atoms with van der Waals surface area (Å²) in [6.45, 7) is 0.784. The van der Waals surface area contributed by atoms with Crippen molar-refractivity contribution in [1.82, 2.24) is 9.88 Å². The molecule has 1 saturated carbocycles. The van der Waals surface area contributed by atoms with Crippen LogP contribution in [-0.4, -0.2) is 28.7 Å². The average Bonchev–Trinajstić information content (AvgIpc) is 3.16. The highest BCUT2D eigenvalue weighted by molar-refractivity contribution is 5.81. The van der Waals surface area contributed by atoms with Crippen molar-refractivity contribution in [2.24, 2.45) is 11.7 Å². The maximum Gasteiger partial charge on any atom is 0.260 e. The minimum atomic E-state index is -0.909. The summed E-state index contributed by atoms with van der Waals surface area (Å²) >= 11 is 0. The van der Waals surface area contributed by atoms with Gasteiger partial charge >= 0.3 is 0 Å². The second kappa shape index (κ2) is 9.14. The molecule has 2 aromatic carbocycles. The topological polar surface area (TPSA) is 69.3 Å². The summed E-state index contributed by atoms with van der Waals surface area (Å²) in [4.78, 5) is 12.1. The summed E-state index contributed by atoms with van der Waals surface area (Å²) in [7, 11) is 0. The fraction of sp³-hybridized carbons (Fsp3) is 0.423. The van der Waals surface area contributed by atoms with Crippen LogP contribution in [0, 0.1) is 17.6 Å². The molecule has 1 aromatic heterocycles. The number of hydrogen-bond donors (Lipinski definition) is 2. The largest absolute Gasteiger partial charge is 0.476 e. The van der Waals surface area contributed by atoms with Crippen LogP contribution >= 0.6 is 0 Å². The molecule has 1 aliphatic heterocycles. The van der Waals surface area contributed by atoms with E-state index in [4.69, 9.17) is 10.5 Å². The Balaban J connectivity index is 1.29. The number of hydrogen-bond acceptors (Lipinski definition) is 3. The molecule has 174 valence electrons. The molecule has 3 unspecified atom stereocenters. The van der Waals surface area contributed by atoms with Crippen molar-refractivity contribution in [3.05, 3.63) is 65.9 Å². The molecule has 33 heavy (non-hydrogen) atoms. The third-order valence-corrected chi connectivity index (χ3v) is 7.20. The number of nitrogens with two attached hydrogens (primary N) is 1. The number of amides is 1. The van der Waals surface area contributed by atoms with Crippen LogP contribution in [-0.2, 0) is 17.8 Å². The summed E-state index contributed by atoms with van der Waals surface area (Å²) in [5.74, 6) is -0.595. The number of carbonyl (C=O) groups is 1. The molecular weight excluding hydrogens is 424 g/mol. The number of carbonyl (C=O) groups excluding carboxylic acids is 1. The number of para-hydroxylation sites is 1. The van der Waals surface area contributed by atoms with Crippen molar-refractivity contribution in [1.29, 1.82) is 0 Å². The van der Waals surface area contributed by atoms with Gasteiger partial charge in [0.1, 0.15) is 5.82 Å². The van der Waals surface area contributed by atoms with E-state index < -0.39 is 17.8 Å². The number of benzene rings is 2. The number of aromatic nitrogens is 1. The van der Waals surface area contributed by atoms with Gasteiger partial charge in [0.15, 0.2) is 17.7 Å². The van der Waals surface area contributed by atoms with Crippen molar-refractivity contribution >= 4 is 16.8 Å². The Morgan fingerprint density at radius 3 is 2.70 bits per heavy atom. The Bertz CT molecular complexity index is 1160. The zero-order chi connectivity index (χ0) is 22.9. The lowest BCUT2D eigenvalue weighted by Crippen LogP contribution is -2.57. The van der Waals surface area contributed by atoms with Gasteiger partial charge in [-0.05, 0) is 67.9 Å². The Morgan fingerprint density at radius 2 is 1.94 bits per heavy atom. The Labute approximate surface area is 191 Å². The van der Waals surface area contributed by atoms with Crippen molar-refractivity contribution in [2.45, 2.75) is 63.3 Å². The van der Waals surface area contributed by atoms with E-state index in [-0.39, 0.29) is 23.7 Å². The first-order valence-electron chi connectivity index (χ1n) is 11.7. The van der Waals surface area contributed by atoms with Crippen molar-refractivity contribution in [3.63, 3.8) is 0 Å². The molecule has 7 heteroatoms. The predicted molar refractivity (Wildman–Crippen MR) is 123 cm³/mol. The fourth-order valence-electron chi connectivity index (χ4n) is 5.24. The van der Waals surface area contributed by atoms with E-state index in [9.17, 15) is 13.6 Å². The molecule has 0 radical (unpaired) electrons. The lowest BCUT2D eigenvalue weighted by Gasteiger charge is -2.40. The van der Waals surface area contributed by atoms with Crippen LogP contribution in [0.25, 0.3) is 10.9 Å². The number of rotatable bonds is 8. The van der Waals surface area contributed by atoms with E-state index in [1.165, 1.54) is 18.6 Å². The molecule has 0 spiro atoms. The van der Waals surface area contributed by atoms with E-state index in [0.29, 0.717) is 17.7 Å². The summed E-state index contributed by atoms with van der Waals surface area (Å²) < 4.78 is 36.0. The van der Waals surface area contributed by atoms with Gasteiger partial charge in [0.05, 0.1) is 11.6 Å². The number of nitrogens with one attached hydrogen (secondary N) is 1. The molecule has 5 rings (SSSR count). The average molecular weight is 454 g/mol. The smallest absolute Gasteiger partial charge is 0.260 e. The second-order valence-electron chi connectivity index (χ2n) is 9.27. The molecule has 3 atom stereocenters. The molecule has 1 aliphatic carbocycles. The highest BCUT2D eigenvalue weighted by Crippen LogP contribution is 2.35. The maximum absolute atomic E-state index is 14.2. The van der Waals surface area contributed by atoms with Crippen molar-refractivity contribution in [3.8, 4) is 5.75 Å². The molecule has 2 heterocycles. The zero-order valence-electron chi connectivity index (χ0n) is 18.5. The Hall–Kier alpha value is -2.93. The van der Waals surface area contributed by atoms with Crippen LogP contribution in [0.1, 0.15) is 37.7 Å². The molecule has 5 nitrogen and oxygen atoms in total. The Kier molecular flexibility index (Phi) is 6.06. The van der Waals surface area contributed by atoms with Gasteiger partial charge in [0.25, 0.3) is 5.91 Å². The Morgan fingerprint density at radius 1 is 1.15 bits per heavy atom. The van der Waals surface area contributed by atoms with Gasteiger partial charge in [-0.2, -0.15) is 0 Å². The van der Waals surface area contributed by atoms with Gasteiger partial charge in [-0.15, -0.1) is 0 Å². The van der Waals surface area contributed by atoms with Crippen LogP contribution in [0.3, 0.4) is 0 Å². The molecule has 3 aromatic rings. The van der Waals surface area contributed by atoms with Crippen molar-refractivity contribution < 1.29 is 18.3 Å². The van der Waals surface area contributed by atoms with Crippen LogP contribution in [0.4, 0.5) is 8.78 Å². The molecular formula is C26H29F2N3O2. The second-order valence-corrected chi connectivity index (χ2v) is 9.27. The van der Waals surface area contributed by atoms with Gasteiger partial charge in [-0.3, -0.25) is 4.79 Å². The quantitative estimate of drug-likeness (QED) is 0.534. The van der Waals surface area contributed by atoms with Crippen LogP contribution < -0.4 is 15.8 Å². The zero-order valence-corrected chi connectivity index (χ0v) is 18.5. The first kappa shape index (κ1) is 21.9. The number of halogens is 2. The van der Waals surface area contributed by atoms with E-state index in [0.717, 1.165) is 43.3 Å². The highest BCUT2D eigenvalue weighted by atomic mass is 19.1. The van der Waals surface area contributed by atoms with Crippen LogP contribution in [0.5, 0.6) is 5.75 Å². The van der Waals surface area contributed by atoms with Crippen molar-refractivity contribution in [2.75, 3.05) is 0 Å². The predicted octanol–water partition coefficient (Wildman–Crippen LogP) is 4.32. The minimum Gasteiger partial charge on any atom is -0.476 e. The lowest BCUT2D eigenvalue weighted by atomic mass is 9.77. The summed E-state index contributed by atoms with van der Waals surface area (Å²) in [6.07, 6.45) is 6.85. The number of aryl methyl sites for hydroxylation is 1. The molecule has 1 amide bonds. The number of nitrogens with zero attached hydrogens (tertiary/aromatic N) is 1. The summed E-state index contributed by atoms with van der Waals surface area (Å²) in [6, 6.07) is 11.7. The first-order valence-corrected chi connectivity index (χ1v) is 11.7. The molecule has 0 bridgehead atoms. The lowest BCUT2D eigenvalue weighted by molar-refractivity contribution is -0.126. The van der Waals surface area contributed by atoms with E-state index in [1.807, 2.05) is 24.4 Å². The summed E-state index contributed by atoms with van der Waals surface area (Å²) in [5.41, 5.74) is 7.28. The van der Waals surface area contributed by atoms with Gasteiger partial charge in [-0.25, -0.2) is 8.78 Å². The van der Waals surface area contributed by atoms with E-state index >= 15 is 0 Å². The summed E-state index contributed by atoms with van der Waals surface area (Å²) in [5, 5.41) is 4.30. The normalized spacial score (nSPS) is 21.3. The number of fused-ring (bicyclic) bond motifs is 2. The monoisotopic (exact) mass is 453 g/mol. The molecule has 3 N–H and O–H groups in total. The highest BCUT2D eigenvalue weighted by Gasteiger charge is 2.38. The van der Waals surface area contributed by atoms with Gasteiger partial charge < -0.3 is 20.4 Å². The van der Waals surface area contributed by atoms with E-state index in [2.05, 4.69) is 9.88 Å².